The fraction of sp³-hybridized carbons (Fsp3) is 0.231. The Labute approximate surface area is 108 Å². The van der Waals surface area contributed by atoms with Gasteiger partial charge < -0.3 is 9.52 Å². The molecule has 5 heteroatoms. The van der Waals surface area contributed by atoms with Crippen LogP contribution in [0.2, 0.25) is 0 Å². The van der Waals surface area contributed by atoms with Gasteiger partial charge in [-0.25, -0.2) is 0 Å². The molecule has 0 aliphatic heterocycles. The fourth-order valence-electron chi connectivity index (χ4n) is 1.70. The van der Waals surface area contributed by atoms with Crippen LogP contribution in [0.1, 0.15) is 12.7 Å². The maximum absolute atomic E-state index is 11.0. The summed E-state index contributed by atoms with van der Waals surface area (Å²) >= 11 is 0.814. The predicted molar refractivity (Wildman–Crippen MR) is 69.6 cm³/mol. The maximum Gasteiger partial charge on any atom is 0.317 e. The molecule has 0 amide bonds. The normalized spacial score (nSPS) is 12.5. The van der Waals surface area contributed by atoms with Crippen molar-refractivity contribution < 1.29 is 19.1 Å². The minimum Gasteiger partial charge on any atom is -0.480 e. The number of carboxylic acid groups (broad SMARTS) is 1. The molecule has 0 spiro atoms. The number of aliphatic carboxylic acids is 1. The molecule has 0 saturated heterocycles. The lowest BCUT2D eigenvalue weighted by atomic mass is 10.2. The van der Waals surface area contributed by atoms with E-state index in [9.17, 15) is 9.59 Å². The zero-order valence-electron chi connectivity index (χ0n) is 9.75. The van der Waals surface area contributed by atoms with Crippen molar-refractivity contribution in [3.63, 3.8) is 0 Å². The number of benzene rings is 1. The number of thioether (sulfide) groups is 1. The number of rotatable bonds is 4. The second kappa shape index (κ2) is 5.27. The lowest BCUT2D eigenvalue weighted by Gasteiger charge is -2.07. The molecule has 4 nitrogen and oxygen atoms in total. The van der Waals surface area contributed by atoms with Gasteiger partial charge in [-0.15, -0.1) is 0 Å². The van der Waals surface area contributed by atoms with Gasteiger partial charge in [-0.2, -0.15) is 0 Å². The zero-order chi connectivity index (χ0) is 13.1. The highest BCUT2D eigenvalue weighted by molar-refractivity contribution is 8.14. The quantitative estimate of drug-likeness (QED) is 0.919. The van der Waals surface area contributed by atoms with E-state index in [1.54, 1.807) is 0 Å². The molecule has 1 atom stereocenters. The van der Waals surface area contributed by atoms with E-state index in [2.05, 4.69) is 0 Å². The first kappa shape index (κ1) is 12.7. The van der Waals surface area contributed by atoms with Gasteiger partial charge in [-0.3, -0.25) is 9.59 Å². The summed E-state index contributed by atoms with van der Waals surface area (Å²) in [7, 11) is 0. The highest BCUT2D eigenvalue weighted by atomic mass is 32.2. The van der Waals surface area contributed by atoms with Crippen LogP contribution in [0.15, 0.2) is 34.7 Å². The highest BCUT2D eigenvalue weighted by Crippen LogP contribution is 2.23. The van der Waals surface area contributed by atoms with Crippen LogP contribution in [0, 0.1) is 0 Å². The largest absolute Gasteiger partial charge is 0.480 e. The van der Waals surface area contributed by atoms with Gasteiger partial charge in [-0.1, -0.05) is 30.0 Å². The van der Waals surface area contributed by atoms with Gasteiger partial charge in [0.15, 0.2) is 5.12 Å². The molecule has 0 fully saturated rings. The minimum absolute atomic E-state index is 0.203. The summed E-state index contributed by atoms with van der Waals surface area (Å²) in [6.07, 6.45) is 0.203. The van der Waals surface area contributed by atoms with Crippen molar-refractivity contribution in [2.24, 2.45) is 0 Å². The number of fused-ring (bicyclic) bond motifs is 1. The standard InChI is InChI=1S/C13H12O4S/c1-8(14)18-12(13(15)16)7-10-6-9-4-2-3-5-11(9)17-10/h2-6,12H,7H2,1H3,(H,15,16)/t12-/m0/s1. The molecule has 0 unspecified atom stereocenters. The number of carbonyl (C=O) groups is 2. The molecular formula is C13H12O4S. The van der Waals surface area contributed by atoms with E-state index >= 15 is 0 Å². The van der Waals surface area contributed by atoms with E-state index in [1.807, 2.05) is 30.3 Å². The molecule has 1 aromatic heterocycles. The van der Waals surface area contributed by atoms with Gasteiger partial charge in [0.25, 0.3) is 0 Å². The lowest BCUT2D eigenvalue weighted by molar-refractivity contribution is -0.136. The average molecular weight is 264 g/mol. The Morgan fingerprint density at radius 3 is 2.72 bits per heavy atom. The number of carboxylic acids is 1. The Morgan fingerprint density at radius 1 is 1.39 bits per heavy atom. The van der Waals surface area contributed by atoms with E-state index in [0.717, 1.165) is 22.7 Å². The number of para-hydroxylation sites is 1. The summed E-state index contributed by atoms with van der Waals surface area (Å²) < 4.78 is 5.54. The van der Waals surface area contributed by atoms with Gasteiger partial charge in [0.05, 0.1) is 0 Å². The minimum atomic E-state index is -1.00. The molecule has 0 radical (unpaired) electrons. The summed E-state index contributed by atoms with van der Waals surface area (Å²) in [4.78, 5) is 22.0. The highest BCUT2D eigenvalue weighted by Gasteiger charge is 2.22. The van der Waals surface area contributed by atoms with Crippen molar-refractivity contribution in [3.8, 4) is 0 Å². The van der Waals surface area contributed by atoms with Gasteiger partial charge in [0, 0.05) is 18.7 Å². The molecule has 0 aliphatic carbocycles. The summed E-state index contributed by atoms with van der Waals surface area (Å²) in [6, 6.07) is 9.28. The molecular weight excluding hydrogens is 252 g/mol. The van der Waals surface area contributed by atoms with Crippen molar-refractivity contribution in [3.05, 3.63) is 36.1 Å². The van der Waals surface area contributed by atoms with E-state index in [1.165, 1.54) is 6.92 Å². The number of carbonyl (C=O) groups excluding carboxylic acids is 1. The third kappa shape index (κ3) is 2.92. The van der Waals surface area contributed by atoms with Crippen LogP contribution in [0.5, 0.6) is 0 Å². The molecule has 0 aliphatic rings. The number of hydrogen-bond donors (Lipinski definition) is 1. The molecule has 94 valence electrons. The van der Waals surface area contributed by atoms with Gasteiger partial charge in [0.1, 0.15) is 16.6 Å². The monoisotopic (exact) mass is 264 g/mol. The molecule has 2 aromatic rings. The van der Waals surface area contributed by atoms with Crippen LogP contribution >= 0.6 is 11.8 Å². The number of hydrogen-bond acceptors (Lipinski definition) is 4. The third-order valence-corrected chi connectivity index (χ3v) is 3.43. The van der Waals surface area contributed by atoms with Crippen LogP contribution in [-0.4, -0.2) is 21.4 Å². The van der Waals surface area contributed by atoms with Gasteiger partial charge in [0.2, 0.25) is 0 Å². The van der Waals surface area contributed by atoms with Gasteiger partial charge in [-0.05, 0) is 12.1 Å². The Morgan fingerprint density at radius 2 is 2.11 bits per heavy atom. The van der Waals surface area contributed by atoms with Crippen LogP contribution in [-0.2, 0) is 16.0 Å². The Bertz CT molecular complexity index is 554. The second-order valence-corrected chi connectivity index (χ2v) is 5.27. The van der Waals surface area contributed by atoms with Crippen LogP contribution < -0.4 is 0 Å². The lowest BCUT2D eigenvalue weighted by Crippen LogP contribution is -2.20. The first-order valence-electron chi connectivity index (χ1n) is 5.44. The Balaban J connectivity index is 2.20. The van der Waals surface area contributed by atoms with Gasteiger partial charge >= 0.3 is 5.97 Å². The molecule has 1 heterocycles. The first-order chi connectivity index (χ1) is 8.56. The van der Waals surface area contributed by atoms with E-state index < -0.39 is 11.2 Å². The average Bonchev–Trinajstić information content (AvgIpc) is 2.69. The molecule has 1 aromatic carbocycles. The van der Waals surface area contributed by atoms with Crippen LogP contribution in [0.25, 0.3) is 11.0 Å². The third-order valence-electron chi connectivity index (χ3n) is 2.45. The van der Waals surface area contributed by atoms with E-state index in [-0.39, 0.29) is 11.5 Å². The molecule has 18 heavy (non-hydrogen) atoms. The van der Waals surface area contributed by atoms with Crippen molar-refractivity contribution >= 4 is 33.8 Å². The topological polar surface area (TPSA) is 67.5 Å². The summed E-state index contributed by atoms with van der Waals surface area (Å²) in [6.45, 7) is 1.36. The van der Waals surface area contributed by atoms with Crippen LogP contribution in [0.3, 0.4) is 0 Å². The molecule has 2 rings (SSSR count). The summed E-state index contributed by atoms with van der Waals surface area (Å²) in [5.41, 5.74) is 0.726. The van der Waals surface area contributed by atoms with Crippen molar-refractivity contribution in [2.75, 3.05) is 0 Å². The Hall–Kier alpha value is -1.75. The number of furan rings is 1. The maximum atomic E-state index is 11.0. The molecule has 0 saturated carbocycles. The first-order valence-corrected chi connectivity index (χ1v) is 6.31. The zero-order valence-corrected chi connectivity index (χ0v) is 10.6. The second-order valence-electron chi connectivity index (χ2n) is 3.89. The predicted octanol–water partition coefficient (Wildman–Crippen LogP) is 2.71. The van der Waals surface area contributed by atoms with Crippen molar-refractivity contribution in [1.29, 1.82) is 0 Å². The molecule has 1 N–H and O–H groups in total. The van der Waals surface area contributed by atoms with Crippen LogP contribution in [0.4, 0.5) is 0 Å². The summed E-state index contributed by atoms with van der Waals surface area (Å²) in [5.74, 6) is -0.423. The van der Waals surface area contributed by atoms with Crippen molar-refractivity contribution in [1.82, 2.24) is 0 Å². The van der Waals surface area contributed by atoms with Crippen molar-refractivity contribution in [2.45, 2.75) is 18.6 Å². The Kier molecular flexibility index (Phi) is 3.72. The van der Waals surface area contributed by atoms with E-state index in [0.29, 0.717) is 5.76 Å². The SMILES string of the molecule is CC(=O)S[C@@H](Cc1cc2ccccc2o1)C(=O)O. The van der Waals surface area contributed by atoms with E-state index in [4.69, 9.17) is 9.52 Å². The smallest absolute Gasteiger partial charge is 0.317 e. The summed E-state index contributed by atoms with van der Waals surface area (Å²) in [5, 5.41) is 8.97. The fourth-order valence-corrected chi connectivity index (χ4v) is 2.45. The molecule has 0 bridgehead atoms.